The van der Waals surface area contributed by atoms with Gasteiger partial charge >= 0.3 is 5.69 Å². The molecule has 9 heteroatoms. The molecule has 0 bridgehead atoms. The van der Waals surface area contributed by atoms with E-state index < -0.39 is 15.0 Å². The van der Waals surface area contributed by atoms with Crippen LogP contribution in [0.1, 0.15) is 11.1 Å². The molecule has 2 aromatic rings. The summed E-state index contributed by atoms with van der Waals surface area (Å²) >= 11 is 29.6. The Balaban J connectivity index is 2.52. The zero-order valence-electron chi connectivity index (χ0n) is 10.8. The van der Waals surface area contributed by atoms with Crippen molar-refractivity contribution in [1.29, 1.82) is 0 Å². The van der Waals surface area contributed by atoms with Gasteiger partial charge in [-0.05, 0) is 11.6 Å². The van der Waals surface area contributed by atoms with E-state index >= 15 is 0 Å². The molecule has 1 unspecified atom stereocenters. The van der Waals surface area contributed by atoms with Gasteiger partial charge in [0, 0.05) is 6.20 Å². The van der Waals surface area contributed by atoms with Gasteiger partial charge in [-0.25, -0.2) is 9.79 Å². The number of aromatic nitrogens is 2. The molecule has 1 aromatic carbocycles. The fourth-order valence-electron chi connectivity index (χ4n) is 1.61. The normalized spacial score (nSPS) is 14.0. The molecule has 0 aliphatic carbocycles. The van der Waals surface area contributed by atoms with Crippen LogP contribution >= 0.6 is 58.0 Å². The third kappa shape index (κ3) is 4.37. The molecule has 0 aliphatic rings. The van der Waals surface area contributed by atoms with Crippen LogP contribution in [-0.2, 0) is 0 Å². The molecule has 0 saturated carbocycles. The smallest absolute Gasteiger partial charge is 0.251 e. The lowest BCUT2D eigenvalue weighted by atomic mass is 10.2. The number of benzene rings is 1. The topological polar surface area (TPSA) is 47.2 Å². The van der Waals surface area contributed by atoms with Gasteiger partial charge in [-0.1, -0.05) is 88.3 Å². The van der Waals surface area contributed by atoms with Crippen LogP contribution < -0.4 is 5.69 Å². The van der Waals surface area contributed by atoms with Gasteiger partial charge in [0.2, 0.25) is 3.79 Å². The van der Waals surface area contributed by atoms with Crippen molar-refractivity contribution in [2.24, 2.45) is 4.99 Å². The fourth-order valence-corrected chi connectivity index (χ4v) is 2.40. The Kier molecular flexibility index (Phi) is 5.75. The van der Waals surface area contributed by atoms with Gasteiger partial charge in [0.25, 0.3) is 0 Å². The van der Waals surface area contributed by atoms with Crippen LogP contribution in [0.15, 0.2) is 52.4 Å². The quantitative estimate of drug-likeness (QED) is 0.246. The van der Waals surface area contributed by atoms with Crippen molar-refractivity contribution < 1.29 is 0 Å². The first-order valence-corrected chi connectivity index (χ1v) is 7.83. The molecular formula is C13H8Cl5N3O. The molecule has 1 heterocycles. The van der Waals surface area contributed by atoms with E-state index in [-0.39, 0.29) is 11.0 Å². The zero-order valence-corrected chi connectivity index (χ0v) is 14.5. The standard InChI is InChI=1S/C13H8Cl5N3O/c14-9-6-7-21(12(22)19-9)11(13(16,17)18)20-10(15)8-4-2-1-3-5-8/h1-7,10H. The summed E-state index contributed by atoms with van der Waals surface area (Å²) in [6, 6.07) is 10.3. The third-order valence-electron chi connectivity index (χ3n) is 2.56. The Bertz CT molecular complexity index is 739. The first-order valence-electron chi connectivity index (χ1n) is 5.88. The predicted octanol–water partition coefficient (Wildman–Crippen LogP) is 4.45. The van der Waals surface area contributed by atoms with Crippen molar-refractivity contribution in [2.45, 2.75) is 9.29 Å². The third-order valence-corrected chi connectivity index (χ3v) is 3.63. The second-order valence-electron chi connectivity index (χ2n) is 4.10. The van der Waals surface area contributed by atoms with Crippen LogP contribution in [0.4, 0.5) is 0 Å². The van der Waals surface area contributed by atoms with Gasteiger partial charge in [-0.3, -0.25) is 4.57 Å². The molecule has 1 aromatic heterocycles. The summed E-state index contributed by atoms with van der Waals surface area (Å²) in [5.41, 5.74) is -0.880. The van der Waals surface area contributed by atoms with Crippen molar-refractivity contribution in [1.82, 2.24) is 9.55 Å². The largest absolute Gasteiger partial charge is 0.354 e. The van der Waals surface area contributed by atoms with E-state index in [4.69, 9.17) is 58.0 Å². The summed E-state index contributed by atoms with van der Waals surface area (Å²) in [5.74, 6) is -0.171. The fraction of sp³-hybridized carbons (Fsp3) is 0.154. The number of halogens is 5. The minimum absolute atomic E-state index is 0.0235. The molecule has 1 atom stereocenters. The van der Waals surface area contributed by atoms with Crippen molar-refractivity contribution in [3.8, 4) is 0 Å². The highest BCUT2D eigenvalue weighted by atomic mass is 35.6. The average molecular weight is 399 g/mol. The van der Waals surface area contributed by atoms with E-state index in [1.807, 2.05) is 6.07 Å². The number of aliphatic imine (C=N–C) groups is 1. The molecule has 0 aliphatic heterocycles. The van der Waals surface area contributed by atoms with Crippen molar-refractivity contribution >= 4 is 63.8 Å². The van der Waals surface area contributed by atoms with Crippen molar-refractivity contribution in [3.05, 3.63) is 63.8 Å². The monoisotopic (exact) mass is 397 g/mol. The Morgan fingerprint density at radius 3 is 2.36 bits per heavy atom. The highest BCUT2D eigenvalue weighted by Gasteiger charge is 2.31. The van der Waals surface area contributed by atoms with E-state index in [9.17, 15) is 4.79 Å². The molecule has 4 nitrogen and oxygen atoms in total. The lowest BCUT2D eigenvalue weighted by Crippen LogP contribution is -2.37. The van der Waals surface area contributed by atoms with Gasteiger partial charge in [0.15, 0.2) is 11.3 Å². The van der Waals surface area contributed by atoms with Gasteiger partial charge in [0.1, 0.15) is 5.15 Å². The van der Waals surface area contributed by atoms with Crippen molar-refractivity contribution in [2.75, 3.05) is 0 Å². The number of hydrogen-bond donors (Lipinski definition) is 0. The zero-order chi connectivity index (χ0) is 16.3. The summed E-state index contributed by atoms with van der Waals surface area (Å²) in [6.07, 6.45) is 1.31. The molecule has 2 rings (SSSR count). The maximum absolute atomic E-state index is 11.9. The molecule has 0 spiro atoms. The predicted molar refractivity (Wildman–Crippen MR) is 91.7 cm³/mol. The van der Waals surface area contributed by atoms with Crippen molar-refractivity contribution in [3.63, 3.8) is 0 Å². The van der Waals surface area contributed by atoms with Crippen LogP contribution in [0, 0.1) is 0 Å². The molecule has 0 N–H and O–H groups in total. The lowest BCUT2D eigenvalue weighted by molar-refractivity contribution is 0.906. The second kappa shape index (κ2) is 7.20. The Labute approximate surface area is 151 Å². The number of rotatable bonds is 2. The first-order chi connectivity index (χ1) is 10.3. The van der Waals surface area contributed by atoms with Crippen LogP contribution in [0.2, 0.25) is 5.15 Å². The van der Waals surface area contributed by atoms with E-state index in [1.165, 1.54) is 12.3 Å². The van der Waals surface area contributed by atoms with Crippen LogP contribution in [0.25, 0.3) is 0 Å². The maximum Gasteiger partial charge on any atom is 0.354 e. The molecule has 22 heavy (non-hydrogen) atoms. The van der Waals surface area contributed by atoms with E-state index in [1.54, 1.807) is 24.3 Å². The number of nitrogens with zero attached hydrogens (tertiary/aromatic N) is 3. The average Bonchev–Trinajstić information content (AvgIpc) is 2.45. The molecular weight excluding hydrogens is 391 g/mol. The Morgan fingerprint density at radius 2 is 1.82 bits per heavy atom. The van der Waals surface area contributed by atoms with Gasteiger partial charge in [0.05, 0.1) is 0 Å². The Morgan fingerprint density at radius 1 is 1.18 bits per heavy atom. The SMILES string of the molecule is O=c1nc(Cl)ccn1C(=NC(Cl)c1ccccc1)C(Cl)(Cl)Cl. The van der Waals surface area contributed by atoms with Gasteiger partial charge in [-0.15, -0.1) is 0 Å². The van der Waals surface area contributed by atoms with Gasteiger partial charge in [-0.2, -0.15) is 4.98 Å². The summed E-state index contributed by atoms with van der Waals surface area (Å²) in [7, 11) is 0. The summed E-state index contributed by atoms with van der Waals surface area (Å²) in [4.78, 5) is 19.6. The van der Waals surface area contributed by atoms with Crippen LogP contribution in [0.5, 0.6) is 0 Å². The summed E-state index contributed by atoms with van der Waals surface area (Å²) in [6.45, 7) is 0. The second-order valence-corrected chi connectivity index (χ2v) is 7.18. The van der Waals surface area contributed by atoms with E-state index in [0.29, 0.717) is 5.56 Å². The van der Waals surface area contributed by atoms with Gasteiger partial charge < -0.3 is 0 Å². The van der Waals surface area contributed by atoms with E-state index in [0.717, 1.165) is 4.57 Å². The van der Waals surface area contributed by atoms with Crippen LogP contribution in [-0.4, -0.2) is 19.2 Å². The highest BCUT2D eigenvalue weighted by Crippen LogP contribution is 2.31. The summed E-state index contributed by atoms with van der Waals surface area (Å²) in [5, 5.41) is 0.0235. The first kappa shape index (κ1) is 17.6. The molecule has 116 valence electrons. The lowest BCUT2D eigenvalue weighted by Gasteiger charge is -2.18. The minimum atomic E-state index is -1.97. The summed E-state index contributed by atoms with van der Waals surface area (Å²) < 4.78 is -0.988. The molecule has 0 amide bonds. The maximum atomic E-state index is 11.9. The number of alkyl halides is 4. The highest BCUT2D eigenvalue weighted by molar-refractivity contribution is 6.76. The molecule has 0 saturated heterocycles. The van der Waals surface area contributed by atoms with E-state index in [2.05, 4.69) is 9.98 Å². The Hall–Kier alpha value is -0.780. The molecule has 0 radical (unpaired) electrons. The molecule has 0 fully saturated rings. The minimum Gasteiger partial charge on any atom is -0.251 e. The van der Waals surface area contributed by atoms with Crippen LogP contribution in [0.3, 0.4) is 0 Å². The number of hydrogen-bond acceptors (Lipinski definition) is 3.